The molecule has 3 nitrogen and oxygen atoms in total. The van der Waals surface area contributed by atoms with Crippen LogP contribution in [0, 0.1) is 17.6 Å². The van der Waals surface area contributed by atoms with Crippen LogP contribution in [-0.2, 0) is 0 Å². The summed E-state index contributed by atoms with van der Waals surface area (Å²) < 4.78 is 27.4. The molecule has 1 amide bonds. The molecule has 0 bridgehead atoms. The van der Waals surface area contributed by atoms with Gasteiger partial charge >= 0.3 is 0 Å². The van der Waals surface area contributed by atoms with Crippen molar-refractivity contribution in [1.29, 1.82) is 0 Å². The number of likely N-dealkylation sites (tertiary alicyclic amines) is 1. The normalized spacial score (nSPS) is 17.5. The zero-order valence-electron chi connectivity index (χ0n) is 9.66. The Bertz CT molecular complexity index is 464. The van der Waals surface area contributed by atoms with Crippen molar-refractivity contribution in [2.24, 2.45) is 5.92 Å². The maximum absolute atomic E-state index is 13.6. The topological polar surface area (TPSA) is 40.5 Å². The van der Waals surface area contributed by atoms with Gasteiger partial charge in [0, 0.05) is 23.5 Å². The monoisotopic (exact) mass is 319 g/mol. The second-order valence-corrected chi connectivity index (χ2v) is 5.37. The summed E-state index contributed by atoms with van der Waals surface area (Å²) in [7, 11) is 0. The molecule has 1 saturated heterocycles. The van der Waals surface area contributed by atoms with E-state index >= 15 is 0 Å². The lowest BCUT2D eigenvalue weighted by molar-refractivity contribution is 0.00826. The average Bonchev–Trinajstić information content (AvgIpc) is 2.11. The summed E-state index contributed by atoms with van der Waals surface area (Å²) in [4.78, 5) is 13.2. The third-order valence-electron chi connectivity index (χ3n) is 3.10. The Morgan fingerprint density at radius 2 is 1.94 bits per heavy atom. The first-order chi connectivity index (χ1) is 8.40. The van der Waals surface area contributed by atoms with Crippen molar-refractivity contribution in [3.05, 3.63) is 33.8 Å². The maximum Gasteiger partial charge on any atom is 0.259 e. The molecular weight excluding hydrogens is 308 g/mol. The molecule has 0 aliphatic carbocycles. The van der Waals surface area contributed by atoms with Gasteiger partial charge in [-0.2, -0.15) is 0 Å². The molecule has 1 aliphatic rings. The number of amides is 1. The fourth-order valence-electron chi connectivity index (χ4n) is 1.89. The van der Waals surface area contributed by atoms with Gasteiger partial charge in [-0.15, -0.1) is 0 Å². The van der Waals surface area contributed by atoms with Gasteiger partial charge < -0.3 is 10.0 Å². The van der Waals surface area contributed by atoms with Crippen LogP contribution in [0.15, 0.2) is 16.6 Å². The molecule has 1 heterocycles. The zero-order chi connectivity index (χ0) is 13.4. The number of halogens is 3. The first-order valence-electron chi connectivity index (χ1n) is 5.52. The van der Waals surface area contributed by atoms with Gasteiger partial charge in [-0.05, 0) is 19.1 Å². The highest BCUT2D eigenvalue weighted by Gasteiger charge is 2.36. The summed E-state index contributed by atoms with van der Waals surface area (Å²) in [6, 6.07) is 2.12. The molecule has 1 aromatic rings. The molecule has 1 fully saturated rings. The highest BCUT2D eigenvalue weighted by atomic mass is 79.9. The summed E-state index contributed by atoms with van der Waals surface area (Å²) in [6.07, 6.45) is -0.520. The van der Waals surface area contributed by atoms with E-state index < -0.39 is 29.2 Å². The number of nitrogens with zero attached hydrogens (tertiary/aromatic N) is 1. The largest absolute Gasteiger partial charge is 0.393 e. The number of carbonyl (C=O) groups is 1. The molecule has 0 saturated carbocycles. The molecule has 0 spiro atoms. The number of aliphatic hydroxyl groups excluding tert-OH is 1. The lowest BCUT2D eigenvalue weighted by Gasteiger charge is -2.40. The van der Waals surface area contributed by atoms with E-state index in [4.69, 9.17) is 0 Å². The third-order valence-corrected chi connectivity index (χ3v) is 3.56. The summed E-state index contributed by atoms with van der Waals surface area (Å²) >= 11 is 2.95. The summed E-state index contributed by atoms with van der Waals surface area (Å²) in [5.41, 5.74) is -0.540. The lowest BCUT2D eigenvalue weighted by Crippen LogP contribution is -2.54. The van der Waals surface area contributed by atoms with Crippen LogP contribution in [0.5, 0.6) is 0 Å². The van der Waals surface area contributed by atoms with Gasteiger partial charge in [0.25, 0.3) is 5.91 Å². The molecule has 1 N–H and O–H groups in total. The molecule has 0 radical (unpaired) electrons. The van der Waals surface area contributed by atoms with Crippen LogP contribution in [0.4, 0.5) is 8.78 Å². The quantitative estimate of drug-likeness (QED) is 0.907. The Hall–Kier alpha value is -1.01. The van der Waals surface area contributed by atoms with E-state index in [9.17, 15) is 18.7 Å². The minimum Gasteiger partial charge on any atom is -0.393 e. The molecule has 1 aromatic carbocycles. The van der Waals surface area contributed by atoms with E-state index in [1.807, 2.05) is 0 Å². The molecule has 1 aliphatic heterocycles. The van der Waals surface area contributed by atoms with Gasteiger partial charge in [0.2, 0.25) is 0 Å². The predicted molar refractivity (Wildman–Crippen MR) is 65.1 cm³/mol. The first-order valence-corrected chi connectivity index (χ1v) is 6.31. The van der Waals surface area contributed by atoms with Crippen molar-refractivity contribution < 1.29 is 18.7 Å². The molecule has 0 unspecified atom stereocenters. The fraction of sp³-hybridized carbons (Fsp3) is 0.417. The van der Waals surface area contributed by atoms with Crippen molar-refractivity contribution >= 4 is 21.8 Å². The van der Waals surface area contributed by atoms with Crippen LogP contribution in [0.2, 0.25) is 0 Å². The smallest absolute Gasteiger partial charge is 0.259 e. The summed E-state index contributed by atoms with van der Waals surface area (Å²) in [6.45, 7) is 2.28. The predicted octanol–water partition coefficient (Wildman–Crippen LogP) is 2.18. The Kier molecular flexibility index (Phi) is 3.68. The number of benzene rings is 1. The summed E-state index contributed by atoms with van der Waals surface area (Å²) in [5, 5.41) is 9.30. The number of aliphatic hydroxyl groups is 1. The van der Waals surface area contributed by atoms with Crippen LogP contribution >= 0.6 is 15.9 Å². The highest BCUT2D eigenvalue weighted by molar-refractivity contribution is 9.10. The molecule has 6 heteroatoms. The van der Waals surface area contributed by atoms with E-state index in [-0.39, 0.29) is 10.4 Å². The molecule has 2 rings (SSSR count). The average molecular weight is 320 g/mol. The van der Waals surface area contributed by atoms with Crippen molar-refractivity contribution in [3.63, 3.8) is 0 Å². The standard InChI is InChI=1S/C12H12BrF2NO2/c1-6(17)7-4-16(5-7)12(18)11-9(14)2-8(13)3-10(11)15/h2-3,6-7,17H,4-5H2,1H3/t6-/m1/s1. The van der Waals surface area contributed by atoms with Gasteiger partial charge in [0.05, 0.1) is 6.10 Å². The number of hydrogen-bond acceptors (Lipinski definition) is 2. The van der Waals surface area contributed by atoms with Crippen LogP contribution in [-0.4, -0.2) is 35.1 Å². The highest BCUT2D eigenvalue weighted by Crippen LogP contribution is 2.25. The number of carbonyl (C=O) groups excluding carboxylic acids is 1. The van der Waals surface area contributed by atoms with Crippen LogP contribution in [0.1, 0.15) is 17.3 Å². The van der Waals surface area contributed by atoms with Crippen LogP contribution < -0.4 is 0 Å². The molecule has 98 valence electrons. The van der Waals surface area contributed by atoms with Crippen molar-refractivity contribution in [2.45, 2.75) is 13.0 Å². The minimum atomic E-state index is -0.882. The second-order valence-electron chi connectivity index (χ2n) is 4.46. The van der Waals surface area contributed by atoms with Crippen molar-refractivity contribution in [3.8, 4) is 0 Å². The van der Waals surface area contributed by atoms with E-state index in [1.165, 1.54) is 4.90 Å². The third kappa shape index (κ3) is 2.40. The Labute approximate surface area is 112 Å². The zero-order valence-corrected chi connectivity index (χ0v) is 11.2. The number of hydrogen-bond donors (Lipinski definition) is 1. The Morgan fingerprint density at radius 1 is 1.44 bits per heavy atom. The van der Waals surface area contributed by atoms with Crippen molar-refractivity contribution in [2.75, 3.05) is 13.1 Å². The number of rotatable bonds is 2. The van der Waals surface area contributed by atoms with Crippen LogP contribution in [0.25, 0.3) is 0 Å². The molecular formula is C12H12BrF2NO2. The summed E-state index contributed by atoms with van der Waals surface area (Å²) in [5.74, 6) is -2.45. The Morgan fingerprint density at radius 3 is 2.39 bits per heavy atom. The molecule has 0 aromatic heterocycles. The molecule has 1 atom stereocenters. The molecule has 18 heavy (non-hydrogen) atoms. The fourth-order valence-corrected chi connectivity index (χ4v) is 2.29. The van der Waals surface area contributed by atoms with E-state index in [0.717, 1.165) is 12.1 Å². The van der Waals surface area contributed by atoms with Gasteiger partial charge in [-0.3, -0.25) is 4.79 Å². The van der Waals surface area contributed by atoms with E-state index in [0.29, 0.717) is 13.1 Å². The van der Waals surface area contributed by atoms with E-state index in [2.05, 4.69) is 15.9 Å². The van der Waals surface area contributed by atoms with Gasteiger partial charge in [0.1, 0.15) is 17.2 Å². The van der Waals surface area contributed by atoms with Gasteiger partial charge in [0.15, 0.2) is 0 Å². The van der Waals surface area contributed by atoms with Gasteiger partial charge in [-0.1, -0.05) is 15.9 Å². The Balaban J connectivity index is 2.16. The van der Waals surface area contributed by atoms with Crippen LogP contribution in [0.3, 0.4) is 0 Å². The van der Waals surface area contributed by atoms with E-state index in [1.54, 1.807) is 6.92 Å². The first kappa shape index (κ1) is 13.4. The lowest BCUT2D eigenvalue weighted by atomic mass is 9.94. The van der Waals surface area contributed by atoms with Crippen molar-refractivity contribution in [1.82, 2.24) is 4.90 Å². The maximum atomic E-state index is 13.6. The van der Waals surface area contributed by atoms with Gasteiger partial charge in [-0.25, -0.2) is 8.78 Å². The second kappa shape index (κ2) is 4.93. The minimum absolute atomic E-state index is 0.0180. The SMILES string of the molecule is C[C@@H](O)C1CN(C(=O)c2c(F)cc(Br)cc2F)C1.